The number of sulfonamides is 1. The van der Waals surface area contributed by atoms with Crippen LogP contribution in [0.3, 0.4) is 0 Å². The molecule has 0 aliphatic carbocycles. The highest BCUT2D eigenvalue weighted by Crippen LogP contribution is 2.26. The van der Waals surface area contributed by atoms with Crippen molar-refractivity contribution in [2.24, 2.45) is 46.6 Å². The summed E-state index contributed by atoms with van der Waals surface area (Å²) in [6.07, 6.45) is 3.04. The lowest BCUT2D eigenvalue weighted by atomic mass is 9.91. The summed E-state index contributed by atoms with van der Waals surface area (Å²) in [5.74, 6) is -9.71. The molecule has 96 heavy (non-hydrogen) atoms. The number of aliphatic hydroxyl groups excluding tert-OH is 1. The van der Waals surface area contributed by atoms with Gasteiger partial charge in [0.25, 0.3) is 0 Å². The number of allylic oxidation sites excluding steroid dienone is 2. The first-order valence-corrected chi connectivity index (χ1v) is 35.0. The Hall–Kier alpha value is -7.20. The van der Waals surface area contributed by atoms with Gasteiger partial charge in [-0.1, -0.05) is 109 Å². The van der Waals surface area contributed by atoms with Gasteiger partial charge >= 0.3 is 0 Å². The molecule has 28 heteroatoms. The van der Waals surface area contributed by atoms with Crippen molar-refractivity contribution in [3.8, 4) is 0 Å². The maximum atomic E-state index is 15.1. The number of amides is 11. The van der Waals surface area contributed by atoms with Crippen molar-refractivity contribution in [2.45, 2.75) is 228 Å². The molecule has 1 aromatic carbocycles. The minimum atomic E-state index is -3.58. The summed E-state index contributed by atoms with van der Waals surface area (Å²) in [7, 11) is 6.34. The average Bonchev–Trinajstić information content (AvgIpc) is 0.803. The molecule has 2 rings (SSSR count). The highest BCUT2D eigenvalue weighted by molar-refractivity contribution is 7.89. The summed E-state index contributed by atoms with van der Waals surface area (Å²) in [6, 6.07) is -6.62. The number of carbonyl (C=O) groups excluding carboxylic acids is 11. The molecule has 9 N–H and O–H groups in total. The summed E-state index contributed by atoms with van der Waals surface area (Å²) < 4.78 is 21.4. The molecule has 1 aliphatic heterocycles. The molecule has 0 saturated carbocycles. The Morgan fingerprint density at radius 2 is 0.927 bits per heavy atom. The fourth-order valence-electron chi connectivity index (χ4n) is 11.3. The van der Waals surface area contributed by atoms with Crippen molar-refractivity contribution in [1.29, 1.82) is 0 Å². The number of benzene rings is 1. The fraction of sp³-hybridized carbons (Fsp3) is 0.721. The summed E-state index contributed by atoms with van der Waals surface area (Å²) in [4.78, 5) is 169. The number of nitrogens with one attached hydrogen (secondary N) is 4. The minimum Gasteiger partial charge on any atom is -0.399 e. The lowest BCUT2D eigenvalue weighted by molar-refractivity contribution is -0.157. The van der Waals surface area contributed by atoms with Gasteiger partial charge in [0, 0.05) is 55.0 Å². The largest absolute Gasteiger partial charge is 0.399 e. The fourth-order valence-corrected chi connectivity index (χ4v) is 11.9. The zero-order valence-corrected chi connectivity index (χ0v) is 62.6. The maximum Gasteiger partial charge on any atom is 0.246 e. The van der Waals surface area contributed by atoms with E-state index in [1.807, 2.05) is 61.5 Å². The molecule has 1 aromatic rings. The van der Waals surface area contributed by atoms with Gasteiger partial charge in [-0.25, -0.2) is 13.6 Å². The second kappa shape index (κ2) is 39.3. The van der Waals surface area contributed by atoms with Crippen molar-refractivity contribution in [2.75, 3.05) is 61.6 Å². The normalized spacial score (nSPS) is 25.1. The van der Waals surface area contributed by atoms with Gasteiger partial charge in [-0.3, -0.25) is 52.7 Å². The first-order valence-electron chi connectivity index (χ1n) is 33.4. The maximum absolute atomic E-state index is 15.1. The molecule has 12 atom stereocenters. The van der Waals surface area contributed by atoms with Crippen LogP contribution in [-0.2, 0) is 62.8 Å². The SMILES string of the molecule is C/C=C/C[C@@H](C)[C@@H](O)[C@H]1C(=O)N[C@@H](CC)C(=O)N(C)CC(=O)N(C)[C@@H](CC(C)C)C(=O)N[C@@H](C(C)C)C(=O)N(C)[C@@H](CC(C)C)C(=O)N[C@@H](C)C(=O)N[C@H](C)C(=O)N(C)[C@@H](CC(C)C)C(=O)N(C)[C@@H](CC(C)C)C(=O)N(C)[C@@H](C(C)C)C(=O)N1C.Nc1ccc(S(N)(=O)=O)cc1. The van der Waals surface area contributed by atoms with E-state index in [-0.39, 0.29) is 60.7 Å². The molecule has 0 radical (unpaired) electrons. The highest BCUT2D eigenvalue weighted by Gasteiger charge is 2.46. The number of rotatable bonds is 16. The Morgan fingerprint density at radius 3 is 1.36 bits per heavy atom. The number of carbonyl (C=O) groups is 11. The molecule has 1 heterocycles. The third kappa shape index (κ3) is 25.3. The summed E-state index contributed by atoms with van der Waals surface area (Å²) in [5.41, 5.74) is 5.85. The standard InChI is InChI=1S/C62H111N11O12.C6H8N2O2S/c1-25-27-28-40(15)52(75)51-56(79)65-43(26-2)58(81)67(18)33-48(74)68(19)44(29-34(3)4)55(78)66-49(38(11)12)61(84)69(20)45(30-35(5)6)54(77)63-41(16)53(76)64-42(17)57(80)70(21)46(31-36(7)8)59(82)71(22)47(32-37(9)10)60(83)72(23)50(39(13)14)62(85)73(51)24;7-5-1-3-6(4-2-5)11(8,9)10/h25,27,34-47,49-52,75H,26,28-33H2,1-24H3,(H,63,77)(H,64,76)(H,65,79)(H,66,78);1-4H,7H2,(H2,8,9,10)/b27-25+;/t40-,41+,42-,43+,44+,45+,46+,47+,49+,50+,51+,52-;/m1./s1. The number of anilines is 1. The van der Waals surface area contributed by atoms with E-state index in [1.165, 1.54) is 112 Å². The first-order chi connectivity index (χ1) is 44.2. The molecule has 0 spiro atoms. The summed E-state index contributed by atoms with van der Waals surface area (Å²) in [6.45, 7) is 29.3. The van der Waals surface area contributed by atoms with Crippen LogP contribution in [-0.4, -0.2) is 235 Å². The van der Waals surface area contributed by atoms with Gasteiger partial charge in [0.1, 0.15) is 60.4 Å². The zero-order chi connectivity index (χ0) is 74.5. The lowest BCUT2D eigenvalue weighted by Crippen LogP contribution is -2.63. The van der Waals surface area contributed by atoms with E-state index in [4.69, 9.17) is 10.9 Å². The third-order valence-electron chi connectivity index (χ3n) is 17.3. The Kier molecular flexibility index (Phi) is 35.5. The number of aliphatic hydroxyl groups is 1. The van der Waals surface area contributed by atoms with Crippen LogP contribution in [0.2, 0.25) is 0 Å². The monoisotopic (exact) mass is 1370 g/mol. The van der Waals surface area contributed by atoms with E-state index < -0.39 is 166 Å². The number of nitrogens with two attached hydrogens (primary N) is 2. The molecular weight excluding hydrogens is 1250 g/mol. The first kappa shape index (κ1) is 86.8. The number of hydrogen-bond donors (Lipinski definition) is 7. The molecule has 1 fully saturated rings. The third-order valence-corrected chi connectivity index (χ3v) is 18.2. The van der Waals surface area contributed by atoms with Crippen molar-refractivity contribution in [1.82, 2.24) is 55.6 Å². The van der Waals surface area contributed by atoms with Crippen LogP contribution in [0.1, 0.15) is 156 Å². The predicted molar refractivity (Wildman–Crippen MR) is 371 cm³/mol. The van der Waals surface area contributed by atoms with Crippen LogP contribution in [0.15, 0.2) is 41.3 Å². The number of nitrogens with zero attached hydrogens (tertiary/aromatic N) is 7. The lowest BCUT2D eigenvalue weighted by Gasteiger charge is -2.41. The van der Waals surface area contributed by atoms with Crippen LogP contribution in [0.5, 0.6) is 0 Å². The Balaban J connectivity index is 0.00000377. The molecule has 546 valence electrons. The van der Waals surface area contributed by atoms with E-state index in [1.54, 1.807) is 54.5 Å². The Bertz CT molecular complexity index is 2940. The molecule has 1 saturated heterocycles. The second-order valence-corrected chi connectivity index (χ2v) is 29.8. The number of nitrogen functional groups attached to an aromatic ring is 1. The summed E-state index contributed by atoms with van der Waals surface area (Å²) in [5, 5.41) is 27.9. The molecule has 11 amide bonds. The van der Waals surface area contributed by atoms with E-state index in [0.29, 0.717) is 12.1 Å². The van der Waals surface area contributed by atoms with Crippen LogP contribution in [0.4, 0.5) is 5.69 Å². The molecule has 0 bridgehead atoms. The highest BCUT2D eigenvalue weighted by atomic mass is 32.2. The van der Waals surface area contributed by atoms with E-state index in [2.05, 4.69) is 21.3 Å². The molecular formula is C68H119N13O14S. The molecule has 0 unspecified atom stereocenters. The van der Waals surface area contributed by atoms with E-state index >= 15 is 9.59 Å². The van der Waals surface area contributed by atoms with Crippen molar-refractivity contribution < 1.29 is 66.3 Å². The summed E-state index contributed by atoms with van der Waals surface area (Å²) >= 11 is 0. The van der Waals surface area contributed by atoms with Crippen molar-refractivity contribution in [3.05, 3.63) is 36.4 Å². The second-order valence-electron chi connectivity index (χ2n) is 28.2. The van der Waals surface area contributed by atoms with Gasteiger partial charge in [0.2, 0.25) is 75.0 Å². The zero-order valence-electron chi connectivity index (χ0n) is 61.8. The van der Waals surface area contributed by atoms with Gasteiger partial charge in [-0.15, -0.1) is 0 Å². The topological polar surface area (TPSA) is 365 Å². The van der Waals surface area contributed by atoms with Crippen LogP contribution >= 0.6 is 0 Å². The molecule has 1 aliphatic rings. The van der Waals surface area contributed by atoms with Gasteiger partial charge in [-0.05, 0) is 125 Å². The van der Waals surface area contributed by atoms with Gasteiger partial charge < -0.3 is 66.4 Å². The Morgan fingerprint density at radius 1 is 0.510 bits per heavy atom. The van der Waals surface area contributed by atoms with Crippen LogP contribution in [0, 0.1) is 41.4 Å². The van der Waals surface area contributed by atoms with Gasteiger partial charge in [0.15, 0.2) is 0 Å². The number of hydrogen-bond acceptors (Lipinski definition) is 15. The van der Waals surface area contributed by atoms with E-state index in [9.17, 15) is 56.7 Å². The van der Waals surface area contributed by atoms with Gasteiger partial charge in [-0.2, -0.15) is 0 Å². The van der Waals surface area contributed by atoms with Crippen LogP contribution in [0.25, 0.3) is 0 Å². The number of likely N-dealkylation sites (N-methyl/N-ethyl adjacent to an activating group) is 7. The smallest absolute Gasteiger partial charge is 0.246 e. The molecule has 27 nitrogen and oxygen atoms in total. The van der Waals surface area contributed by atoms with Crippen LogP contribution < -0.4 is 32.1 Å². The predicted octanol–water partition coefficient (Wildman–Crippen LogP) is 3.19. The Labute approximate surface area is 572 Å². The van der Waals surface area contributed by atoms with Crippen molar-refractivity contribution >= 4 is 80.7 Å². The van der Waals surface area contributed by atoms with Gasteiger partial charge in [0.05, 0.1) is 17.5 Å². The minimum absolute atomic E-state index is 0.0229. The van der Waals surface area contributed by atoms with Crippen molar-refractivity contribution in [3.63, 3.8) is 0 Å². The number of primary sulfonamides is 1. The quantitative estimate of drug-likeness (QED) is 0.0923. The molecule has 0 aromatic heterocycles. The van der Waals surface area contributed by atoms with E-state index in [0.717, 1.165) is 9.80 Å². The average molecular weight is 1370 g/mol.